The summed E-state index contributed by atoms with van der Waals surface area (Å²) in [6.07, 6.45) is 0. The molecule has 0 aliphatic rings. The van der Waals surface area contributed by atoms with Crippen LogP contribution in [0.2, 0.25) is 0 Å². The molecule has 0 spiro atoms. The van der Waals surface area contributed by atoms with Crippen LogP contribution in [0.5, 0.6) is 0 Å². The van der Waals surface area contributed by atoms with Gasteiger partial charge in [0.1, 0.15) is 11.6 Å². The predicted molar refractivity (Wildman–Crippen MR) is 72.1 cm³/mol. The number of hydrogen-bond acceptors (Lipinski definition) is 3. The van der Waals surface area contributed by atoms with Gasteiger partial charge in [-0.1, -0.05) is 0 Å². The maximum absolute atomic E-state index is 13.5. The van der Waals surface area contributed by atoms with Crippen molar-refractivity contribution < 1.29 is 23.1 Å². The molecule has 2 rings (SSSR count). The molecular formula is C15H11F2NO3. The Bertz CT molecular complexity index is 684. The number of carbonyl (C=O) groups excluding carboxylic acids is 2. The highest BCUT2D eigenvalue weighted by Gasteiger charge is 2.13. The largest absolute Gasteiger partial charge is 0.465 e. The van der Waals surface area contributed by atoms with Gasteiger partial charge in [0.25, 0.3) is 5.91 Å². The number of halogens is 2. The zero-order valence-corrected chi connectivity index (χ0v) is 11.0. The molecule has 0 bridgehead atoms. The molecule has 0 fully saturated rings. The lowest BCUT2D eigenvalue weighted by Gasteiger charge is -2.07. The summed E-state index contributed by atoms with van der Waals surface area (Å²) in [6, 6.07) is 8.57. The number of anilines is 1. The Morgan fingerprint density at radius 3 is 2.29 bits per heavy atom. The fourth-order valence-electron chi connectivity index (χ4n) is 1.68. The van der Waals surface area contributed by atoms with Gasteiger partial charge in [0.05, 0.1) is 18.2 Å². The Labute approximate surface area is 119 Å². The molecule has 0 aromatic heterocycles. The smallest absolute Gasteiger partial charge is 0.337 e. The summed E-state index contributed by atoms with van der Waals surface area (Å²) in [6.45, 7) is 0. The average molecular weight is 291 g/mol. The van der Waals surface area contributed by atoms with Gasteiger partial charge >= 0.3 is 5.97 Å². The van der Waals surface area contributed by atoms with Gasteiger partial charge in [-0.15, -0.1) is 0 Å². The third-order valence-corrected chi connectivity index (χ3v) is 2.74. The first kappa shape index (κ1) is 14.6. The van der Waals surface area contributed by atoms with Crippen molar-refractivity contribution in [3.8, 4) is 0 Å². The Morgan fingerprint density at radius 2 is 1.71 bits per heavy atom. The van der Waals surface area contributed by atoms with Crippen LogP contribution in [0.3, 0.4) is 0 Å². The number of esters is 1. The van der Waals surface area contributed by atoms with Crippen LogP contribution in [0, 0.1) is 11.6 Å². The van der Waals surface area contributed by atoms with Crippen molar-refractivity contribution in [1.82, 2.24) is 0 Å². The van der Waals surface area contributed by atoms with E-state index >= 15 is 0 Å². The molecule has 2 aromatic carbocycles. The maximum atomic E-state index is 13.5. The summed E-state index contributed by atoms with van der Waals surface area (Å²) in [5.74, 6) is -2.92. The van der Waals surface area contributed by atoms with Crippen LogP contribution in [0.25, 0.3) is 0 Å². The molecule has 21 heavy (non-hydrogen) atoms. The van der Waals surface area contributed by atoms with Gasteiger partial charge in [0.15, 0.2) is 0 Å². The molecule has 108 valence electrons. The zero-order valence-electron chi connectivity index (χ0n) is 11.0. The zero-order chi connectivity index (χ0) is 15.4. The Balaban J connectivity index is 2.14. The summed E-state index contributed by atoms with van der Waals surface area (Å²) in [4.78, 5) is 23.1. The molecule has 0 aliphatic carbocycles. The van der Waals surface area contributed by atoms with Crippen molar-refractivity contribution in [2.75, 3.05) is 12.4 Å². The van der Waals surface area contributed by atoms with Crippen molar-refractivity contribution in [3.63, 3.8) is 0 Å². The highest BCUT2D eigenvalue weighted by Crippen LogP contribution is 2.14. The Kier molecular flexibility index (Phi) is 4.27. The number of rotatable bonds is 3. The van der Waals surface area contributed by atoms with Gasteiger partial charge in [0, 0.05) is 11.8 Å². The topological polar surface area (TPSA) is 55.4 Å². The van der Waals surface area contributed by atoms with E-state index in [-0.39, 0.29) is 5.56 Å². The number of benzene rings is 2. The number of nitrogens with one attached hydrogen (secondary N) is 1. The van der Waals surface area contributed by atoms with Gasteiger partial charge < -0.3 is 10.1 Å². The molecule has 1 amide bonds. The first-order valence-corrected chi connectivity index (χ1v) is 5.96. The van der Waals surface area contributed by atoms with Crippen molar-refractivity contribution in [2.24, 2.45) is 0 Å². The fourth-order valence-corrected chi connectivity index (χ4v) is 1.68. The van der Waals surface area contributed by atoms with Crippen molar-refractivity contribution in [3.05, 3.63) is 65.2 Å². The van der Waals surface area contributed by atoms with Gasteiger partial charge in [-0.3, -0.25) is 4.79 Å². The number of amides is 1. The van der Waals surface area contributed by atoms with Gasteiger partial charge in [-0.25, -0.2) is 13.6 Å². The molecule has 0 saturated heterocycles. The van der Waals surface area contributed by atoms with E-state index in [0.29, 0.717) is 17.3 Å². The molecule has 0 atom stereocenters. The van der Waals surface area contributed by atoms with E-state index in [2.05, 4.69) is 10.1 Å². The van der Waals surface area contributed by atoms with Crippen LogP contribution in [0.1, 0.15) is 20.7 Å². The van der Waals surface area contributed by atoms with Crippen LogP contribution >= 0.6 is 0 Å². The minimum Gasteiger partial charge on any atom is -0.465 e. The molecule has 0 aliphatic heterocycles. The van der Waals surface area contributed by atoms with E-state index in [1.807, 2.05) is 0 Å². The standard InChI is InChI=1S/C15H11F2NO3/c1-21-15(20)9-2-5-11(6-3-9)18-14(19)12-7-4-10(16)8-13(12)17/h2-8H,1H3,(H,18,19). The van der Waals surface area contributed by atoms with E-state index in [1.54, 1.807) is 0 Å². The lowest BCUT2D eigenvalue weighted by molar-refractivity contribution is 0.0600. The van der Waals surface area contributed by atoms with Crippen LogP contribution in [0.15, 0.2) is 42.5 Å². The molecule has 6 heteroatoms. The second-order valence-corrected chi connectivity index (χ2v) is 4.15. The van der Waals surface area contributed by atoms with E-state index in [0.717, 1.165) is 12.1 Å². The highest BCUT2D eigenvalue weighted by atomic mass is 19.1. The third kappa shape index (κ3) is 3.42. The molecule has 0 saturated carbocycles. The van der Waals surface area contributed by atoms with Crippen LogP contribution in [0.4, 0.5) is 14.5 Å². The first-order chi connectivity index (χ1) is 10.0. The summed E-state index contributed by atoms with van der Waals surface area (Å²) < 4.78 is 30.8. The summed E-state index contributed by atoms with van der Waals surface area (Å²) in [5, 5.41) is 2.45. The second kappa shape index (κ2) is 6.13. The summed E-state index contributed by atoms with van der Waals surface area (Å²) in [7, 11) is 1.26. The first-order valence-electron chi connectivity index (χ1n) is 5.96. The summed E-state index contributed by atoms with van der Waals surface area (Å²) in [5.41, 5.74) is 0.424. The average Bonchev–Trinajstić information content (AvgIpc) is 2.47. The quantitative estimate of drug-likeness (QED) is 0.884. The Hall–Kier alpha value is -2.76. The molecule has 0 unspecified atom stereocenters. The van der Waals surface area contributed by atoms with Gasteiger partial charge in [-0.05, 0) is 36.4 Å². The molecular weight excluding hydrogens is 280 g/mol. The summed E-state index contributed by atoms with van der Waals surface area (Å²) >= 11 is 0. The van der Waals surface area contributed by atoms with Crippen molar-refractivity contribution in [2.45, 2.75) is 0 Å². The minimum atomic E-state index is -0.946. The number of carbonyl (C=O) groups is 2. The molecule has 1 N–H and O–H groups in total. The Morgan fingerprint density at radius 1 is 1.05 bits per heavy atom. The molecule has 0 radical (unpaired) electrons. The predicted octanol–water partition coefficient (Wildman–Crippen LogP) is 3.00. The van der Waals surface area contributed by atoms with E-state index in [4.69, 9.17) is 0 Å². The molecule has 0 heterocycles. The van der Waals surface area contributed by atoms with E-state index in [1.165, 1.54) is 31.4 Å². The normalized spacial score (nSPS) is 10.0. The van der Waals surface area contributed by atoms with Crippen molar-refractivity contribution in [1.29, 1.82) is 0 Å². The van der Waals surface area contributed by atoms with Gasteiger partial charge in [0.2, 0.25) is 0 Å². The highest BCUT2D eigenvalue weighted by molar-refractivity contribution is 6.04. The van der Waals surface area contributed by atoms with Crippen LogP contribution < -0.4 is 5.32 Å². The lowest BCUT2D eigenvalue weighted by Crippen LogP contribution is -2.14. The van der Waals surface area contributed by atoms with Crippen LogP contribution in [-0.2, 0) is 4.74 Å². The van der Waals surface area contributed by atoms with Crippen LogP contribution in [-0.4, -0.2) is 19.0 Å². The second-order valence-electron chi connectivity index (χ2n) is 4.15. The lowest BCUT2D eigenvalue weighted by atomic mass is 10.1. The number of methoxy groups -OCH3 is 1. The maximum Gasteiger partial charge on any atom is 0.337 e. The molecule has 2 aromatic rings. The van der Waals surface area contributed by atoms with E-state index in [9.17, 15) is 18.4 Å². The third-order valence-electron chi connectivity index (χ3n) is 2.74. The minimum absolute atomic E-state index is 0.270. The monoisotopic (exact) mass is 291 g/mol. The van der Waals surface area contributed by atoms with E-state index < -0.39 is 23.5 Å². The van der Waals surface area contributed by atoms with Crippen molar-refractivity contribution >= 4 is 17.6 Å². The molecule has 4 nitrogen and oxygen atoms in total. The van der Waals surface area contributed by atoms with Gasteiger partial charge in [-0.2, -0.15) is 0 Å². The number of ether oxygens (including phenoxy) is 1. The number of hydrogen-bond donors (Lipinski definition) is 1. The fraction of sp³-hybridized carbons (Fsp3) is 0.0667. The SMILES string of the molecule is COC(=O)c1ccc(NC(=O)c2ccc(F)cc2F)cc1.